The van der Waals surface area contributed by atoms with Gasteiger partial charge in [0, 0.05) is 4.32 Å². The molecule has 1 N–H and O–H groups in total. The van der Waals surface area contributed by atoms with Crippen molar-refractivity contribution in [3.05, 3.63) is 0 Å². The van der Waals surface area contributed by atoms with Gasteiger partial charge in [0.15, 0.2) is 6.61 Å². The van der Waals surface area contributed by atoms with Crippen LogP contribution >= 0.6 is 15.9 Å². The zero-order valence-electron chi connectivity index (χ0n) is 15.4. The number of amides is 1. The minimum Gasteiger partial charge on any atom is -0.456 e. The van der Waals surface area contributed by atoms with Gasteiger partial charge in [-0.2, -0.15) is 5.26 Å². The maximum atomic E-state index is 12.4. The van der Waals surface area contributed by atoms with E-state index < -0.39 is 5.54 Å². The van der Waals surface area contributed by atoms with Crippen LogP contribution in [0.1, 0.15) is 64.7 Å². The highest BCUT2D eigenvalue weighted by atomic mass is 79.9. The zero-order valence-corrected chi connectivity index (χ0v) is 16.9. The van der Waals surface area contributed by atoms with E-state index in [-0.39, 0.29) is 34.1 Å². The largest absolute Gasteiger partial charge is 0.456 e. The van der Waals surface area contributed by atoms with Crippen molar-refractivity contribution in [3.8, 4) is 6.07 Å². The summed E-state index contributed by atoms with van der Waals surface area (Å²) in [6.07, 6.45) is 9.39. The lowest BCUT2D eigenvalue weighted by Gasteiger charge is -2.60. The molecule has 4 bridgehead atoms. The Kier molecular flexibility index (Phi) is 4.38. The van der Waals surface area contributed by atoms with Gasteiger partial charge in [0.2, 0.25) is 0 Å². The maximum Gasteiger partial charge on any atom is 0.306 e. The predicted octanol–water partition coefficient (Wildman–Crippen LogP) is 3.46. The molecular formula is C20H27BrN2O3. The van der Waals surface area contributed by atoms with Crippen molar-refractivity contribution in [2.24, 2.45) is 23.2 Å². The van der Waals surface area contributed by atoms with Gasteiger partial charge in [-0.05, 0) is 81.5 Å². The molecule has 0 saturated heterocycles. The lowest BCUT2D eigenvalue weighted by atomic mass is 9.49. The Labute approximate surface area is 163 Å². The Morgan fingerprint density at radius 1 is 1.27 bits per heavy atom. The molecule has 6 heteroatoms. The molecule has 5 nitrogen and oxygen atoms in total. The number of alkyl halides is 1. The highest BCUT2D eigenvalue weighted by Gasteiger charge is 2.57. The van der Waals surface area contributed by atoms with Gasteiger partial charge in [-0.1, -0.05) is 15.9 Å². The van der Waals surface area contributed by atoms with Crippen LogP contribution in [-0.4, -0.2) is 28.3 Å². The topological polar surface area (TPSA) is 79.2 Å². The van der Waals surface area contributed by atoms with Gasteiger partial charge in [-0.3, -0.25) is 9.59 Å². The summed E-state index contributed by atoms with van der Waals surface area (Å²) in [5, 5.41) is 12.1. The summed E-state index contributed by atoms with van der Waals surface area (Å²) in [5.41, 5.74) is -0.790. The molecule has 5 fully saturated rings. The van der Waals surface area contributed by atoms with Gasteiger partial charge in [0.1, 0.15) is 5.54 Å². The Bertz CT molecular complexity index is 654. The first-order valence-electron chi connectivity index (χ1n) is 9.80. The van der Waals surface area contributed by atoms with Crippen LogP contribution in [-0.2, 0) is 14.3 Å². The van der Waals surface area contributed by atoms with Gasteiger partial charge in [-0.25, -0.2) is 0 Å². The van der Waals surface area contributed by atoms with Crippen molar-refractivity contribution in [1.29, 1.82) is 5.26 Å². The minimum absolute atomic E-state index is 0.0519. The molecular weight excluding hydrogens is 396 g/mol. The molecule has 0 aromatic heterocycles. The van der Waals surface area contributed by atoms with Crippen molar-refractivity contribution in [1.82, 2.24) is 5.32 Å². The normalized spacial score (nSPS) is 39.7. The maximum absolute atomic E-state index is 12.4. The summed E-state index contributed by atoms with van der Waals surface area (Å²) >= 11 is 3.96. The molecule has 0 spiro atoms. The van der Waals surface area contributed by atoms with E-state index in [9.17, 15) is 14.9 Å². The van der Waals surface area contributed by atoms with E-state index in [2.05, 4.69) is 27.3 Å². The van der Waals surface area contributed by atoms with Gasteiger partial charge >= 0.3 is 5.97 Å². The predicted molar refractivity (Wildman–Crippen MR) is 99.2 cm³/mol. The number of carbonyl (C=O) groups is 2. The van der Waals surface area contributed by atoms with Crippen LogP contribution in [0.2, 0.25) is 0 Å². The number of ether oxygens (including phenoxy) is 1. The molecule has 0 aromatic carbocycles. The fourth-order valence-corrected chi connectivity index (χ4v) is 7.76. The Morgan fingerprint density at radius 3 is 2.46 bits per heavy atom. The number of nitrogens with zero attached hydrogens (tertiary/aromatic N) is 1. The third-order valence-electron chi connectivity index (χ3n) is 7.02. The van der Waals surface area contributed by atoms with Crippen LogP contribution in [0.3, 0.4) is 0 Å². The number of nitriles is 1. The summed E-state index contributed by atoms with van der Waals surface area (Å²) in [6, 6.07) is 2.19. The summed E-state index contributed by atoms with van der Waals surface area (Å²) in [7, 11) is 0. The van der Waals surface area contributed by atoms with Crippen molar-refractivity contribution < 1.29 is 14.3 Å². The van der Waals surface area contributed by atoms with Crippen molar-refractivity contribution in [2.75, 3.05) is 6.61 Å². The average Bonchev–Trinajstić information content (AvgIpc) is 3.35. The molecule has 0 heterocycles. The lowest BCUT2D eigenvalue weighted by Crippen LogP contribution is -2.53. The number of hydrogen-bond donors (Lipinski definition) is 1. The quantitative estimate of drug-likeness (QED) is 0.524. The van der Waals surface area contributed by atoms with E-state index in [0.29, 0.717) is 6.42 Å². The Morgan fingerprint density at radius 2 is 1.92 bits per heavy atom. The fourth-order valence-electron chi connectivity index (χ4n) is 6.25. The van der Waals surface area contributed by atoms with Crippen LogP contribution < -0.4 is 5.32 Å². The number of nitrogens with one attached hydrogen (secondary N) is 1. The van der Waals surface area contributed by atoms with Crippen molar-refractivity contribution >= 4 is 27.8 Å². The van der Waals surface area contributed by atoms with Crippen LogP contribution in [0.4, 0.5) is 0 Å². The van der Waals surface area contributed by atoms with Crippen LogP contribution in [0, 0.1) is 34.5 Å². The monoisotopic (exact) mass is 422 g/mol. The Hall–Kier alpha value is -1.09. The number of carbonyl (C=O) groups excluding carboxylic acids is 2. The van der Waals surface area contributed by atoms with Crippen LogP contribution in [0.25, 0.3) is 0 Å². The van der Waals surface area contributed by atoms with Crippen LogP contribution in [0.15, 0.2) is 0 Å². The van der Waals surface area contributed by atoms with E-state index in [1.165, 1.54) is 19.3 Å². The fraction of sp³-hybridized carbons (Fsp3) is 0.850. The number of rotatable bonds is 6. The molecule has 5 rings (SSSR count). The van der Waals surface area contributed by atoms with Gasteiger partial charge in [0.25, 0.3) is 5.91 Å². The smallest absolute Gasteiger partial charge is 0.306 e. The van der Waals surface area contributed by atoms with Gasteiger partial charge in [0.05, 0.1) is 12.5 Å². The summed E-state index contributed by atoms with van der Waals surface area (Å²) in [6.45, 7) is 1.46. The summed E-state index contributed by atoms with van der Waals surface area (Å²) in [4.78, 5) is 24.6. The van der Waals surface area contributed by atoms with E-state index in [1.54, 1.807) is 6.92 Å². The number of hydrogen-bond acceptors (Lipinski definition) is 4. The first-order valence-corrected chi connectivity index (χ1v) is 10.6. The number of esters is 1. The molecule has 1 amide bonds. The van der Waals surface area contributed by atoms with E-state index >= 15 is 0 Å². The first-order chi connectivity index (χ1) is 12.2. The highest BCUT2D eigenvalue weighted by molar-refractivity contribution is 9.10. The molecule has 0 radical (unpaired) electrons. The van der Waals surface area contributed by atoms with E-state index in [4.69, 9.17) is 4.74 Å². The SMILES string of the molecule is C[C@@](C#N)(NC(=O)COC(=O)CC12C[C@@H]3C[C@@H](CC(Br)(C3)C1)C2)C1CC1. The van der Waals surface area contributed by atoms with E-state index in [1.807, 2.05) is 0 Å². The molecule has 2 unspecified atom stereocenters. The van der Waals surface area contributed by atoms with Crippen molar-refractivity contribution in [3.63, 3.8) is 0 Å². The second kappa shape index (κ2) is 6.22. The minimum atomic E-state index is -0.842. The molecule has 142 valence electrons. The average molecular weight is 423 g/mol. The zero-order chi connectivity index (χ0) is 18.6. The molecule has 26 heavy (non-hydrogen) atoms. The first kappa shape index (κ1) is 18.3. The molecule has 5 aliphatic rings. The molecule has 5 saturated carbocycles. The standard InChI is InChI=1S/C20H27BrN2O3/c1-18(12-22,15-2-3-15)23-16(24)10-26-17(25)9-19-5-13-4-14(6-19)8-20(21,7-13)11-19/h13-15H,2-11H2,1H3,(H,23,24)/t13-,14+,18-,19?,20?/m0/s1. The van der Waals surface area contributed by atoms with Crippen molar-refractivity contribution in [2.45, 2.75) is 74.6 Å². The van der Waals surface area contributed by atoms with Gasteiger partial charge in [-0.15, -0.1) is 0 Å². The summed E-state index contributed by atoms with van der Waals surface area (Å²) in [5.74, 6) is 1.01. The molecule has 5 aliphatic carbocycles. The van der Waals surface area contributed by atoms with E-state index in [0.717, 1.165) is 43.9 Å². The lowest BCUT2D eigenvalue weighted by molar-refractivity contribution is -0.155. The molecule has 5 atom stereocenters. The summed E-state index contributed by atoms with van der Waals surface area (Å²) < 4.78 is 5.51. The third-order valence-corrected chi connectivity index (χ3v) is 7.95. The second-order valence-electron chi connectivity index (χ2n) is 9.59. The third kappa shape index (κ3) is 3.52. The second-order valence-corrected chi connectivity index (χ2v) is 11.3. The number of halogens is 1. The molecule has 0 aromatic rings. The van der Waals surface area contributed by atoms with Gasteiger partial charge < -0.3 is 10.1 Å². The van der Waals surface area contributed by atoms with Crippen LogP contribution in [0.5, 0.6) is 0 Å². The highest BCUT2D eigenvalue weighted by Crippen LogP contribution is 2.65. The molecule has 0 aliphatic heterocycles. The Balaban J connectivity index is 1.29.